The minimum Gasteiger partial charge on any atom is -0.311 e. The molecule has 1 aromatic rings. The van der Waals surface area contributed by atoms with Gasteiger partial charge in [-0.05, 0) is 37.5 Å². The molecule has 2 aliphatic rings. The highest BCUT2D eigenvalue weighted by molar-refractivity contribution is 7.99. The van der Waals surface area contributed by atoms with E-state index in [-0.39, 0.29) is 0 Å². The average molecular weight is 290 g/mol. The van der Waals surface area contributed by atoms with Crippen molar-refractivity contribution < 1.29 is 0 Å². The lowest BCUT2D eigenvalue weighted by atomic mass is 10.0. The van der Waals surface area contributed by atoms with Gasteiger partial charge in [0, 0.05) is 37.0 Å². The van der Waals surface area contributed by atoms with Crippen LogP contribution in [0.15, 0.2) is 30.3 Å². The fourth-order valence-electron chi connectivity index (χ4n) is 3.68. The number of piperazine rings is 1. The Morgan fingerprint density at radius 1 is 1.25 bits per heavy atom. The summed E-state index contributed by atoms with van der Waals surface area (Å²) in [4.78, 5) is 2.75. The Labute approximate surface area is 127 Å². The van der Waals surface area contributed by atoms with E-state index < -0.39 is 0 Å². The summed E-state index contributed by atoms with van der Waals surface area (Å²) >= 11 is 2.06. The molecule has 110 valence electrons. The van der Waals surface area contributed by atoms with Gasteiger partial charge in [0.25, 0.3) is 0 Å². The van der Waals surface area contributed by atoms with Gasteiger partial charge in [-0.1, -0.05) is 30.3 Å². The van der Waals surface area contributed by atoms with Crippen molar-refractivity contribution in [3.63, 3.8) is 0 Å². The summed E-state index contributed by atoms with van der Waals surface area (Å²) in [5.74, 6) is 0. The first-order valence-corrected chi connectivity index (χ1v) is 9.18. The molecule has 0 aromatic heterocycles. The maximum absolute atomic E-state index is 3.70. The third-order valence-corrected chi connectivity index (χ3v) is 5.91. The van der Waals surface area contributed by atoms with Crippen LogP contribution in [0.4, 0.5) is 0 Å². The molecule has 1 aliphatic heterocycles. The van der Waals surface area contributed by atoms with E-state index in [1.807, 2.05) is 0 Å². The maximum atomic E-state index is 3.70. The molecule has 20 heavy (non-hydrogen) atoms. The van der Waals surface area contributed by atoms with E-state index >= 15 is 0 Å². The van der Waals surface area contributed by atoms with Crippen molar-refractivity contribution >= 4 is 11.8 Å². The van der Waals surface area contributed by atoms with Crippen molar-refractivity contribution in [2.24, 2.45) is 0 Å². The molecule has 1 aliphatic carbocycles. The molecule has 2 nitrogen and oxygen atoms in total. The molecule has 3 heteroatoms. The molecule has 1 saturated carbocycles. The van der Waals surface area contributed by atoms with Crippen molar-refractivity contribution in [1.82, 2.24) is 10.2 Å². The molecule has 1 saturated heterocycles. The van der Waals surface area contributed by atoms with Gasteiger partial charge in [-0.15, -0.1) is 0 Å². The third kappa shape index (κ3) is 3.57. The largest absolute Gasteiger partial charge is 0.311 e. The highest BCUT2D eigenvalue weighted by Crippen LogP contribution is 2.31. The van der Waals surface area contributed by atoms with Gasteiger partial charge in [-0.25, -0.2) is 0 Å². The molecular weight excluding hydrogens is 264 g/mol. The number of benzene rings is 1. The van der Waals surface area contributed by atoms with Crippen LogP contribution in [0, 0.1) is 0 Å². The van der Waals surface area contributed by atoms with Gasteiger partial charge < -0.3 is 5.32 Å². The van der Waals surface area contributed by atoms with Gasteiger partial charge in [0.15, 0.2) is 0 Å². The standard InChI is InChI=1S/C17H26N2S/c1-20-17-8-7-16(12-17)19-10-9-18-15(13-19)11-14-5-3-2-4-6-14/h2-6,15-18H,7-13H2,1H3. The van der Waals surface area contributed by atoms with Crippen molar-refractivity contribution in [3.8, 4) is 0 Å². The van der Waals surface area contributed by atoms with Crippen LogP contribution in [0.3, 0.4) is 0 Å². The number of thioether (sulfide) groups is 1. The minimum atomic E-state index is 0.625. The Hall–Kier alpha value is -0.510. The first-order valence-electron chi connectivity index (χ1n) is 7.89. The van der Waals surface area contributed by atoms with Crippen molar-refractivity contribution in [2.75, 3.05) is 25.9 Å². The topological polar surface area (TPSA) is 15.3 Å². The van der Waals surface area contributed by atoms with E-state index in [2.05, 4.69) is 58.6 Å². The molecule has 0 amide bonds. The Bertz CT molecular complexity index is 409. The number of rotatable bonds is 4. The second-order valence-corrected chi connectivity index (χ2v) is 7.30. The van der Waals surface area contributed by atoms with Crippen molar-refractivity contribution in [3.05, 3.63) is 35.9 Å². The van der Waals surface area contributed by atoms with Gasteiger partial charge in [0.2, 0.25) is 0 Å². The number of hydrogen-bond acceptors (Lipinski definition) is 3. The number of nitrogens with one attached hydrogen (secondary N) is 1. The highest BCUT2D eigenvalue weighted by Gasteiger charge is 2.31. The van der Waals surface area contributed by atoms with Crippen LogP contribution in [0.1, 0.15) is 24.8 Å². The summed E-state index contributed by atoms with van der Waals surface area (Å²) in [7, 11) is 0. The monoisotopic (exact) mass is 290 g/mol. The minimum absolute atomic E-state index is 0.625. The summed E-state index contributed by atoms with van der Waals surface area (Å²) in [5, 5.41) is 4.60. The molecule has 3 unspecified atom stereocenters. The molecular formula is C17H26N2S. The molecule has 0 radical (unpaired) electrons. The van der Waals surface area contributed by atoms with E-state index in [0.717, 1.165) is 24.3 Å². The van der Waals surface area contributed by atoms with Gasteiger partial charge >= 0.3 is 0 Å². The smallest absolute Gasteiger partial charge is 0.0236 e. The van der Waals surface area contributed by atoms with E-state index in [0.29, 0.717) is 6.04 Å². The quantitative estimate of drug-likeness (QED) is 0.918. The van der Waals surface area contributed by atoms with Gasteiger partial charge in [0.1, 0.15) is 0 Å². The first-order chi connectivity index (χ1) is 9.85. The van der Waals surface area contributed by atoms with E-state index in [9.17, 15) is 0 Å². The highest BCUT2D eigenvalue weighted by atomic mass is 32.2. The van der Waals surface area contributed by atoms with E-state index in [1.165, 1.54) is 37.9 Å². The normalized spacial score (nSPS) is 31.6. The number of hydrogen-bond donors (Lipinski definition) is 1. The third-order valence-electron chi connectivity index (χ3n) is 4.82. The Balaban J connectivity index is 1.54. The SMILES string of the molecule is CSC1CCC(N2CCNC(Cc3ccccc3)C2)C1. The van der Waals surface area contributed by atoms with E-state index in [1.54, 1.807) is 0 Å². The van der Waals surface area contributed by atoms with E-state index in [4.69, 9.17) is 0 Å². The lowest BCUT2D eigenvalue weighted by Gasteiger charge is -2.37. The molecule has 0 spiro atoms. The van der Waals surface area contributed by atoms with Gasteiger partial charge in [-0.2, -0.15) is 11.8 Å². The summed E-state index contributed by atoms with van der Waals surface area (Å²) in [5.41, 5.74) is 1.46. The lowest BCUT2D eigenvalue weighted by Crippen LogP contribution is -2.54. The molecule has 2 fully saturated rings. The second kappa shape index (κ2) is 6.97. The Morgan fingerprint density at radius 2 is 2.10 bits per heavy atom. The molecule has 3 atom stereocenters. The lowest BCUT2D eigenvalue weighted by molar-refractivity contribution is 0.145. The zero-order valence-corrected chi connectivity index (χ0v) is 13.2. The van der Waals surface area contributed by atoms with Crippen LogP contribution >= 0.6 is 11.8 Å². The van der Waals surface area contributed by atoms with Gasteiger partial charge in [-0.3, -0.25) is 4.90 Å². The summed E-state index contributed by atoms with van der Waals surface area (Å²) in [6, 6.07) is 12.4. The van der Waals surface area contributed by atoms with Crippen molar-refractivity contribution in [1.29, 1.82) is 0 Å². The summed E-state index contributed by atoms with van der Waals surface area (Å²) in [6.07, 6.45) is 7.65. The van der Waals surface area contributed by atoms with Crippen LogP contribution in [0.25, 0.3) is 0 Å². The zero-order chi connectivity index (χ0) is 13.8. The van der Waals surface area contributed by atoms with Crippen LogP contribution in [-0.2, 0) is 6.42 Å². The Morgan fingerprint density at radius 3 is 2.85 bits per heavy atom. The second-order valence-electron chi connectivity index (χ2n) is 6.16. The molecule has 1 heterocycles. The molecule has 1 aromatic carbocycles. The van der Waals surface area contributed by atoms with Gasteiger partial charge in [0.05, 0.1) is 0 Å². The molecule has 1 N–H and O–H groups in total. The van der Waals surface area contributed by atoms with Crippen LogP contribution < -0.4 is 5.32 Å². The summed E-state index contributed by atoms with van der Waals surface area (Å²) < 4.78 is 0. The maximum Gasteiger partial charge on any atom is 0.0236 e. The first kappa shape index (κ1) is 14.4. The van der Waals surface area contributed by atoms with Crippen LogP contribution in [-0.4, -0.2) is 48.1 Å². The molecule has 0 bridgehead atoms. The Kier molecular flexibility index (Phi) is 5.03. The van der Waals surface area contributed by atoms with Crippen molar-refractivity contribution in [2.45, 2.75) is 43.0 Å². The summed E-state index contributed by atoms with van der Waals surface area (Å²) in [6.45, 7) is 3.61. The fraction of sp³-hybridized carbons (Fsp3) is 0.647. The zero-order valence-electron chi connectivity index (χ0n) is 12.4. The van der Waals surface area contributed by atoms with Crippen LogP contribution in [0.2, 0.25) is 0 Å². The predicted octanol–water partition coefficient (Wildman–Crippen LogP) is 2.79. The average Bonchev–Trinajstić information content (AvgIpc) is 2.98. The predicted molar refractivity (Wildman–Crippen MR) is 88.5 cm³/mol. The van der Waals surface area contributed by atoms with Crippen LogP contribution in [0.5, 0.6) is 0 Å². The fourth-order valence-corrected chi connectivity index (χ4v) is 4.47. The number of nitrogens with zero attached hydrogens (tertiary/aromatic N) is 1. The molecule has 3 rings (SSSR count).